The largest absolute Gasteiger partial charge is 0.338 e. The second-order valence-corrected chi connectivity index (χ2v) is 7.75. The van der Waals surface area contributed by atoms with Crippen LogP contribution >= 0.6 is 0 Å². The quantitative estimate of drug-likeness (QED) is 0.809. The standard InChI is InChI=1S/C20H25N5O3/c26-18-5-8-24(20(28)22-18)9-6-19(27)25-13-16-3-4-17(25)14-23(12-16)11-15-2-1-7-21-10-15/h1-2,5,7-8,10,16-17H,3-4,6,9,11-14H2,(H,22,26,28)/t16-,17+/m0/s1. The van der Waals surface area contributed by atoms with E-state index in [0.29, 0.717) is 5.92 Å². The summed E-state index contributed by atoms with van der Waals surface area (Å²) in [5.74, 6) is 0.561. The molecule has 5 heterocycles. The lowest BCUT2D eigenvalue weighted by Crippen LogP contribution is -2.47. The molecule has 0 aromatic carbocycles. The van der Waals surface area contributed by atoms with Gasteiger partial charge in [0.1, 0.15) is 0 Å². The molecule has 0 aliphatic carbocycles. The molecule has 3 aliphatic rings. The Labute approximate surface area is 162 Å². The molecule has 3 fully saturated rings. The van der Waals surface area contributed by atoms with Crippen LogP contribution in [0.3, 0.4) is 0 Å². The van der Waals surface area contributed by atoms with E-state index in [1.54, 1.807) is 6.20 Å². The first-order chi connectivity index (χ1) is 13.6. The number of H-pyrrole nitrogens is 1. The number of nitrogens with zero attached hydrogens (tertiary/aromatic N) is 4. The molecule has 2 aromatic rings. The summed E-state index contributed by atoms with van der Waals surface area (Å²) in [7, 11) is 0. The topological polar surface area (TPSA) is 91.3 Å². The van der Waals surface area contributed by atoms with Gasteiger partial charge in [-0.15, -0.1) is 0 Å². The van der Waals surface area contributed by atoms with Crippen LogP contribution in [0.25, 0.3) is 0 Å². The van der Waals surface area contributed by atoms with Crippen molar-refractivity contribution >= 4 is 5.91 Å². The van der Waals surface area contributed by atoms with Gasteiger partial charge in [0.05, 0.1) is 0 Å². The Morgan fingerprint density at radius 1 is 1.18 bits per heavy atom. The number of hydrogen-bond acceptors (Lipinski definition) is 5. The molecule has 0 spiro atoms. The SMILES string of the molecule is O=C(CCn1ccc(=O)[nH]c1=O)N1C[C@H]2CC[C@@H]1CN(Cc1cccnc1)C2. The van der Waals surface area contributed by atoms with Crippen molar-refractivity contribution in [3.63, 3.8) is 0 Å². The van der Waals surface area contributed by atoms with Gasteiger partial charge in [0, 0.05) is 69.8 Å². The molecule has 8 heteroatoms. The van der Waals surface area contributed by atoms with Gasteiger partial charge in [-0.05, 0) is 30.4 Å². The number of piperidine rings is 1. The summed E-state index contributed by atoms with van der Waals surface area (Å²) in [6.07, 6.45) is 7.56. The second-order valence-electron chi connectivity index (χ2n) is 7.75. The summed E-state index contributed by atoms with van der Waals surface area (Å²) in [5, 5.41) is 0. The van der Waals surface area contributed by atoms with Crippen molar-refractivity contribution in [3.8, 4) is 0 Å². The van der Waals surface area contributed by atoms with Gasteiger partial charge in [-0.1, -0.05) is 6.07 Å². The van der Waals surface area contributed by atoms with E-state index in [-0.39, 0.29) is 24.9 Å². The Balaban J connectivity index is 1.39. The summed E-state index contributed by atoms with van der Waals surface area (Å²) < 4.78 is 1.38. The van der Waals surface area contributed by atoms with Crippen molar-refractivity contribution < 1.29 is 4.79 Å². The van der Waals surface area contributed by atoms with Crippen molar-refractivity contribution in [2.45, 2.75) is 38.4 Å². The molecule has 5 rings (SSSR count). The molecule has 2 aromatic heterocycles. The minimum Gasteiger partial charge on any atom is -0.338 e. The zero-order chi connectivity index (χ0) is 19.5. The summed E-state index contributed by atoms with van der Waals surface area (Å²) in [5.41, 5.74) is 0.297. The van der Waals surface area contributed by atoms with Crippen molar-refractivity contribution in [2.75, 3.05) is 19.6 Å². The maximum Gasteiger partial charge on any atom is 0.328 e. The van der Waals surface area contributed by atoms with Gasteiger partial charge in [-0.2, -0.15) is 0 Å². The van der Waals surface area contributed by atoms with Gasteiger partial charge in [0.15, 0.2) is 0 Å². The highest BCUT2D eigenvalue weighted by molar-refractivity contribution is 5.76. The third-order valence-corrected chi connectivity index (χ3v) is 5.70. The maximum absolute atomic E-state index is 12.9. The molecule has 3 saturated heterocycles. The number of aromatic nitrogens is 3. The summed E-state index contributed by atoms with van der Waals surface area (Å²) >= 11 is 0. The first kappa shape index (κ1) is 18.6. The van der Waals surface area contributed by atoms with Crippen LogP contribution in [-0.2, 0) is 17.9 Å². The Morgan fingerprint density at radius 3 is 2.86 bits per heavy atom. The van der Waals surface area contributed by atoms with E-state index < -0.39 is 11.2 Å². The minimum atomic E-state index is -0.472. The zero-order valence-corrected chi connectivity index (χ0v) is 15.8. The fourth-order valence-corrected chi connectivity index (χ4v) is 4.34. The van der Waals surface area contributed by atoms with E-state index in [1.165, 1.54) is 22.4 Å². The van der Waals surface area contributed by atoms with E-state index in [1.807, 2.05) is 17.2 Å². The summed E-state index contributed by atoms with van der Waals surface area (Å²) in [6, 6.07) is 5.56. The number of amides is 1. The molecule has 0 radical (unpaired) electrons. The highest BCUT2D eigenvalue weighted by Gasteiger charge is 2.36. The van der Waals surface area contributed by atoms with Gasteiger partial charge >= 0.3 is 5.69 Å². The van der Waals surface area contributed by atoms with Crippen LogP contribution in [0.2, 0.25) is 0 Å². The van der Waals surface area contributed by atoms with E-state index in [9.17, 15) is 14.4 Å². The molecule has 2 bridgehead atoms. The number of carbonyl (C=O) groups is 1. The number of pyridine rings is 1. The van der Waals surface area contributed by atoms with Crippen molar-refractivity contribution in [1.29, 1.82) is 0 Å². The number of aryl methyl sites for hydroxylation is 1. The highest BCUT2D eigenvalue weighted by Crippen LogP contribution is 2.29. The number of nitrogens with one attached hydrogen (secondary N) is 1. The van der Waals surface area contributed by atoms with Gasteiger partial charge in [-0.25, -0.2) is 4.79 Å². The number of rotatable bonds is 5. The molecule has 148 valence electrons. The maximum atomic E-state index is 12.9. The fraction of sp³-hybridized carbons (Fsp3) is 0.500. The molecule has 28 heavy (non-hydrogen) atoms. The minimum absolute atomic E-state index is 0.0797. The summed E-state index contributed by atoms with van der Waals surface area (Å²) in [4.78, 5) is 46.7. The van der Waals surface area contributed by atoms with Crippen LogP contribution in [0.1, 0.15) is 24.8 Å². The number of fused-ring (bicyclic) bond motifs is 4. The van der Waals surface area contributed by atoms with Gasteiger partial charge < -0.3 is 9.47 Å². The van der Waals surface area contributed by atoms with E-state index in [4.69, 9.17) is 0 Å². The van der Waals surface area contributed by atoms with Crippen molar-refractivity contribution in [1.82, 2.24) is 24.3 Å². The highest BCUT2D eigenvalue weighted by atomic mass is 16.2. The van der Waals surface area contributed by atoms with Crippen molar-refractivity contribution in [2.24, 2.45) is 5.92 Å². The Hall–Kier alpha value is -2.74. The Morgan fingerprint density at radius 2 is 2.07 bits per heavy atom. The third-order valence-electron chi connectivity index (χ3n) is 5.70. The normalized spacial score (nSPS) is 22.2. The zero-order valence-electron chi connectivity index (χ0n) is 15.8. The predicted octanol–water partition coefficient (Wildman–Crippen LogP) is 0.445. The lowest BCUT2D eigenvalue weighted by atomic mass is 9.94. The first-order valence-corrected chi connectivity index (χ1v) is 9.79. The van der Waals surface area contributed by atoms with Crippen molar-refractivity contribution in [3.05, 3.63) is 63.2 Å². The number of carbonyl (C=O) groups excluding carboxylic acids is 1. The lowest BCUT2D eigenvalue weighted by Gasteiger charge is -2.36. The third kappa shape index (κ3) is 4.22. The van der Waals surface area contributed by atoms with Gasteiger partial charge in [0.25, 0.3) is 5.56 Å². The molecular weight excluding hydrogens is 358 g/mol. The molecule has 0 unspecified atom stereocenters. The summed E-state index contributed by atoms with van der Waals surface area (Å²) in [6.45, 7) is 3.79. The van der Waals surface area contributed by atoms with Gasteiger partial charge in [0.2, 0.25) is 5.91 Å². The molecule has 8 nitrogen and oxygen atoms in total. The Kier molecular flexibility index (Phi) is 5.38. The predicted molar refractivity (Wildman–Crippen MR) is 104 cm³/mol. The van der Waals surface area contributed by atoms with Crippen LogP contribution in [0.15, 0.2) is 46.4 Å². The monoisotopic (exact) mass is 383 g/mol. The molecule has 2 atom stereocenters. The average Bonchev–Trinajstić information content (AvgIpc) is 2.98. The Bertz CT molecular complexity index is 939. The average molecular weight is 383 g/mol. The van der Waals surface area contributed by atoms with E-state index in [2.05, 4.69) is 20.9 Å². The first-order valence-electron chi connectivity index (χ1n) is 9.79. The molecule has 1 amide bonds. The van der Waals surface area contributed by atoms with Crippen LogP contribution < -0.4 is 11.2 Å². The van der Waals surface area contributed by atoms with Crippen LogP contribution in [-0.4, -0.2) is 55.9 Å². The fourth-order valence-electron chi connectivity index (χ4n) is 4.34. The second kappa shape index (κ2) is 8.10. The molecule has 3 aliphatic heterocycles. The number of aromatic amines is 1. The van der Waals surface area contributed by atoms with Crippen LogP contribution in [0.5, 0.6) is 0 Å². The molecule has 1 N–H and O–H groups in total. The van der Waals surface area contributed by atoms with Crippen LogP contribution in [0, 0.1) is 5.92 Å². The molecule has 0 saturated carbocycles. The van der Waals surface area contributed by atoms with E-state index in [0.717, 1.165) is 39.0 Å². The van der Waals surface area contributed by atoms with Crippen LogP contribution in [0.4, 0.5) is 0 Å². The lowest BCUT2D eigenvalue weighted by molar-refractivity contribution is -0.135. The van der Waals surface area contributed by atoms with E-state index >= 15 is 0 Å². The number of hydrogen-bond donors (Lipinski definition) is 1. The molecular formula is C20H25N5O3. The van der Waals surface area contributed by atoms with Gasteiger partial charge in [-0.3, -0.25) is 24.5 Å². The smallest absolute Gasteiger partial charge is 0.328 e.